The summed E-state index contributed by atoms with van der Waals surface area (Å²) in [6.07, 6.45) is -10.3. The standard InChI is InChI=1S/C13H15F6NO2/c1-11(2,3)10(20)7-5-4-6-8(21-12(14,15)16)9(7)22-13(17,18)19/h4-6,10H,20H2,1-3H3. The van der Waals surface area contributed by atoms with E-state index in [4.69, 9.17) is 5.73 Å². The van der Waals surface area contributed by atoms with Crippen molar-refractivity contribution in [1.82, 2.24) is 0 Å². The van der Waals surface area contributed by atoms with E-state index in [0.717, 1.165) is 12.1 Å². The fourth-order valence-corrected chi connectivity index (χ4v) is 1.67. The quantitative estimate of drug-likeness (QED) is 0.828. The molecule has 1 aromatic rings. The number of rotatable bonds is 3. The first-order chi connectivity index (χ1) is 9.71. The van der Waals surface area contributed by atoms with Gasteiger partial charge in [-0.05, 0) is 11.5 Å². The summed E-state index contributed by atoms with van der Waals surface area (Å²) < 4.78 is 81.8. The van der Waals surface area contributed by atoms with Crippen LogP contribution in [0.3, 0.4) is 0 Å². The van der Waals surface area contributed by atoms with Gasteiger partial charge in [-0.1, -0.05) is 32.9 Å². The molecule has 1 rings (SSSR count). The summed E-state index contributed by atoms with van der Waals surface area (Å²) in [6.45, 7) is 4.89. The van der Waals surface area contributed by atoms with Crippen LogP contribution in [0.1, 0.15) is 32.4 Å². The lowest BCUT2D eigenvalue weighted by Gasteiger charge is -2.29. The van der Waals surface area contributed by atoms with Crippen molar-refractivity contribution in [3.05, 3.63) is 23.8 Å². The third-order valence-electron chi connectivity index (χ3n) is 2.72. The van der Waals surface area contributed by atoms with Gasteiger partial charge in [-0.25, -0.2) is 0 Å². The van der Waals surface area contributed by atoms with Gasteiger partial charge in [0.2, 0.25) is 0 Å². The maximum absolute atomic E-state index is 12.5. The van der Waals surface area contributed by atoms with Crippen LogP contribution in [0.15, 0.2) is 18.2 Å². The first-order valence-corrected chi connectivity index (χ1v) is 6.11. The Morgan fingerprint density at radius 1 is 0.909 bits per heavy atom. The van der Waals surface area contributed by atoms with Crippen molar-refractivity contribution >= 4 is 0 Å². The topological polar surface area (TPSA) is 44.5 Å². The third-order valence-corrected chi connectivity index (χ3v) is 2.72. The van der Waals surface area contributed by atoms with E-state index in [9.17, 15) is 26.3 Å². The smallest absolute Gasteiger partial charge is 0.402 e. The number of halogens is 6. The Hall–Kier alpha value is -1.64. The van der Waals surface area contributed by atoms with E-state index in [1.165, 1.54) is 6.07 Å². The van der Waals surface area contributed by atoms with Gasteiger partial charge in [0.15, 0.2) is 11.5 Å². The lowest BCUT2D eigenvalue weighted by atomic mass is 9.82. The second-order valence-electron chi connectivity index (χ2n) is 5.61. The zero-order valence-electron chi connectivity index (χ0n) is 12.0. The highest BCUT2D eigenvalue weighted by Crippen LogP contribution is 2.44. The molecule has 9 heteroatoms. The molecule has 0 radical (unpaired) electrons. The minimum atomic E-state index is -5.18. The van der Waals surface area contributed by atoms with E-state index in [1.54, 1.807) is 20.8 Å². The van der Waals surface area contributed by atoms with Gasteiger partial charge in [0.25, 0.3) is 0 Å². The second-order valence-corrected chi connectivity index (χ2v) is 5.61. The maximum Gasteiger partial charge on any atom is 0.573 e. The van der Waals surface area contributed by atoms with Gasteiger partial charge in [-0.3, -0.25) is 0 Å². The van der Waals surface area contributed by atoms with Crippen LogP contribution in [-0.4, -0.2) is 12.7 Å². The van der Waals surface area contributed by atoms with Crippen LogP contribution in [0.4, 0.5) is 26.3 Å². The Balaban J connectivity index is 3.41. The van der Waals surface area contributed by atoms with Crippen molar-refractivity contribution in [2.24, 2.45) is 11.1 Å². The molecule has 0 spiro atoms. The molecule has 0 fully saturated rings. The van der Waals surface area contributed by atoms with Crippen LogP contribution >= 0.6 is 0 Å². The molecule has 0 amide bonds. The first-order valence-electron chi connectivity index (χ1n) is 6.11. The number of ether oxygens (including phenoxy) is 2. The van der Waals surface area contributed by atoms with E-state index in [1.807, 2.05) is 0 Å². The highest BCUT2D eigenvalue weighted by atomic mass is 19.4. The molecule has 2 N–H and O–H groups in total. The SMILES string of the molecule is CC(C)(C)C(N)c1cccc(OC(F)(F)F)c1OC(F)(F)F. The molecule has 1 unspecified atom stereocenters. The molecule has 0 aliphatic rings. The highest BCUT2D eigenvalue weighted by molar-refractivity contribution is 5.48. The fourth-order valence-electron chi connectivity index (χ4n) is 1.67. The van der Waals surface area contributed by atoms with Crippen LogP contribution < -0.4 is 15.2 Å². The molecular weight excluding hydrogens is 316 g/mol. The zero-order chi connectivity index (χ0) is 17.3. The number of hydrogen-bond donors (Lipinski definition) is 1. The Morgan fingerprint density at radius 2 is 1.41 bits per heavy atom. The van der Waals surface area contributed by atoms with Crippen LogP contribution in [0.5, 0.6) is 11.5 Å². The molecule has 1 aromatic carbocycles. The van der Waals surface area contributed by atoms with Gasteiger partial charge in [0, 0.05) is 11.6 Å². The Bertz CT molecular complexity index is 519. The van der Waals surface area contributed by atoms with Crippen molar-refractivity contribution in [3.8, 4) is 11.5 Å². The fraction of sp³-hybridized carbons (Fsp3) is 0.538. The molecule has 22 heavy (non-hydrogen) atoms. The van der Waals surface area contributed by atoms with E-state index in [2.05, 4.69) is 9.47 Å². The monoisotopic (exact) mass is 331 g/mol. The normalized spacial score (nSPS) is 14.6. The average Bonchev–Trinajstić information content (AvgIpc) is 2.25. The lowest BCUT2D eigenvalue weighted by molar-refractivity contribution is -0.287. The predicted molar refractivity (Wildman–Crippen MR) is 66.2 cm³/mol. The van der Waals surface area contributed by atoms with Crippen LogP contribution in [0, 0.1) is 5.41 Å². The molecule has 1 atom stereocenters. The van der Waals surface area contributed by atoms with Crippen LogP contribution in [0.25, 0.3) is 0 Å². The van der Waals surface area contributed by atoms with Crippen LogP contribution in [-0.2, 0) is 0 Å². The van der Waals surface area contributed by atoms with Gasteiger partial charge in [0.05, 0.1) is 0 Å². The van der Waals surface area contributed by atoms with E-state index < -0.39 is 35.7 Å². The molecule has 126 valence electrons. The van der Waals surface area contributed by atoms with E-state index >= 15 is 0 Å². The number of nitrogens with two attached hydrogens (primary N) is 1. The van der Waals surface area contributed by atoms with Gasteiger partial charge in [-0.2, -0.15) is 0 Å². The molecule has 0 aromatic heterocycles. The van der Waals surface area contributed by atoms with Crippen molar-refractivity contribution in [2.45, 2.75) is 39.5 Å². The second kappa shape index (κ2) is 5.86. The molecule has 0 aliphatic carbocycles. The lowest BCUT2D eigenvalue weighted by Crippen LogP contribution is -2.29. The summed E-state index contributed by atoms with van der Waals surface area (Å²) in [5.74, 6) is -2.18. The van der Waals surface area contributed by atoms with Crippen LogP contribution in [0.2, 0.25) is 0 Å². The third kappa shape index (κ3) is 5.28. The van der Waals surface area contributed by atoms with Crippen molar-refractivity contribution in [1.29, 1.82) is 0 Å². The molecule has 0 heterocycles. The zero-order valence-corrected chi connectivity index (χ0v) is 12.0. The summed E-state index contributed by atoms with van der Waals surface area (Å²) in [7, 11) is 0. The Kier molecular flexibility index (Phi) is 4.91. The van der Waals surface area contributed by atoms with Gasteiger partial charge < -0.3 is 15.2 Å². The average molecular weight is 331 g/mol. The minimum Gasteiger partial charge on any atom is -0.402 e. The Morgan fingerprint density at radius 3 is 1.82 bits per heavy atom. The van der Waals surface area contributed by atoms with Gasteiger partial charge in [-0.15, -0.1) is 26.3 Å². The number of alkyl halides is 6. The van der Waals surface area contributed by atoms with Gasteiger partial charge >= 0.3 is 12.7 Å². The number of benzene rings is 1. The molecule has 0 bridgehead atoms. The number of para-hydroxylation sites is 1. The van der Waals surface area contributed by atoms with Crippen molar-refractivity contribution < 1.29 is 35.8 Å². The molecule has 3 nitrogen and oxygen atoms in total. The first kappa shape index (κ1) is 18.4. The van der Waals surface area contributed by atoms with Crippen molar-refractivity contribution in [2.75, 3.05) is 0 Å². The summed E-state index contributed by atoms with van der Waals surface area (Å²) in [6, 6.07) is 2.01. The summed E-state index contributed by atoms with van der Waals surface area (Å²) in [5.41, 5.74) is 4.90. The summed E-state index contributed by atoms with van der Waals surface area (Å²) in [5, 5.41) is 0. The summed E-state index contributed by atoms with van der Waals surface area (Å²) in [4.78, 5) is 0. The minimum absolute atomic E-state index is 0.230. The highest BCUT2D eigenvalue weighted by Gasteiger charge is 2.39. The van der Waals surface area contributed by atoms with E-state index in [0.29, 0.717) is 0 Å². The number of hydrogen-bond acceptors (Lipinski definition) is 3. The van der Waals surface area contributed by atoms with E-state index in [-0.39, 0.29) is 5.56 Å². The molecule has 0 saturated carbocycles. The van der Waals surface area contributed by atoms with Crippen molar-refractivity contribution in [3.63, 3.8) is 0 Å². The molecule has 0 aliphatic heterocycles. The Labute approximate surface area is 123 Å². The molecular formula is C13H15F6NO2. The largest absolute Gasteiger partial charge is 0.573 e. The molecule has 0 saturated heterocycles. The van der Waals surface area contributed by atoms with Gasteiger partial charge in [0.1, 0.15) is 0 Å². The maximum atomic E-state index is 12.5. The summed E-state index contributed by atoms with van der Waals surface area (Å²) >= 11 is 0. The predicted octanol–water partition coefficient (Wildman–Crippen LogP) is 4.53.